The van der Waals surface area contributed by atoms with Crippen molar-refractivity contribution in [1.29, 1.82) is 0 Å². The van der Waals surface area contributed by atoms with Gasteiger partial charge in [0.1, 0.15) is 0 Å². The average molecular weight is 425 g/mol. The first-order chi connectivity index (χ1) is 12.7. The number of guanidine groups is 1. The van der Waals surface area contributed by atoms with Crippen LogP contribution in [-0.4, -0.2) is 34.7 Å². The van der Waals surface area contributed by atoms with Crippen molar-refractivity contribution in [1.82, 2.24) is 9.88 Å². The van der Waals surface area contributed by atoms with Crippen molar-refractivity contribution in [3.63, 3.8) is 0 Å². The largest absolute Gasteiger partial charge is 0.370 e. The number of rotatable bonds is 7. The Balaban J connectivity index is 0.00000392. The van der Waals surface area contributed by atoms with Crippen LogP contribution in [0.25, 0.3) is 0 Å². The van der Waals surface area contributed by atoms with Crippen LogP contribution in [0.2, 0.25) is 0 Å². The third kappa shape index (κ3) is 7.16. The highest BCUT2D eigenvalue weighted by atomic mass is 35.5. The fraction of sp³-hybridized carbons (Fsp3) is 0.333. The zero-order valence-electron chi connectivity index (χ0n) is 16.1. The van der Waals surface area contributed by atoms with Gasteiger partial charge in [0.25, 0.3) is 0 Å². The summed E-state index contributed by atoms with van der Waals surface area (Å²) >= 11 is 1.40. The Hall–Kier alpha value is -2.65. The maximum atomic E-state index is 11.5. The molecule has 5 N–H and O–H groups in total. The summed E-state index contributed by atoms with van der Waals surface area (Å²) in [6.45, 7) is 3.43. The second-order valence-corrected chi connectivity index (χ2v) is 7.23. The van der Waals surface area contributed by atoms with Gasteiger partial charge in [-0.1, -0.05) is 23.5 Å². The molecule has 1 heterocycles. The number of aryl methyl sites for hydroxylation is 2. The first kappa shape index (κ1) is 23.4. The highest BCUT2D eigenvalue weighted by molar-refractivity contribution is 7.15. The van der Waals surface area contributed by atoms with Gasteiger partial charge in [-0.2, -0.15) is 0 Å². The van der Waals surface area contributed by atoms with E-state index in [0.29, 0.717) is 23.8 Å². The molecule has 0 saturated heterocycles. The Morgan fingerprint density at radius 1 is 1.18 bits per heavy atom. The lowest BCUT2D eigenvalue weighted by Gasteiger charge is -2.14. The number of hydrogen-bond donors (Lipinski definition) is 3. The number of halogens is 1. The molecule has 28 heavy (non-hydrogen) atoms. The van der Waals surface area contributed by atoms with Crippen LogP contribution in [0.15, 0.2) is 29.3 Å². The predicted octanol–water partition coefficient (Wildman–Crippen LogP) is 2.19. The van der Waals surface area contributed by atoms with E-state index in [2.05, 4.69) is 15.3 Å². The van der Waals surface area contributed by atoms with Crippen molar-refractivity contribution in [3.05, 3.63) is 40.4 Å². The Morgan fingerprint density at radius 3 is 2.36 bits per heavy atom. The highest BCUT2D eigenvalue weighted by Crippen LogP contribution is 2.26. The number of anilines is 1. The van der Waals surface area contributed by atoms with Crippen molar-refractivity contribution in [2.45, 2.75) is 33.2 Å². The third-order valence-electron chi connectivity index (χ3n) is 3.82. The van der Waals surface area contributed by atoms with E-state index in [1.807, 2.05) is 24.3 Å². The van der Waals surface area contributed by atoms with Crippen molar-refractivity contribution in [2.75, 3.05) is 12.4 Å². The standard InChI is InChI=1S/C18H24N6O2S.ClH/c1-11(25)21-18-23-15(16(27-18)10-24(3)12(2)26)9-6-13-4-7-14(8-5-13)22-17(19)20;/h4-5,7-8H,6,9-10H2,1-3H3,(H4,19,20,22)(H,21,23,25);1H. The molecule has 0 aliphatic carbocycles. The Labute approximate surface area is 174 Å². The number of benzene rings is 1. The summed E-state index contributed by atoms with van der Waals surface area (Å²) in [7, 11) is 1.74. The van der Waals surface area contributed by atoms with Crippen LogP contribution in [0.5, 0.6) is 0 Å². The summed E-state index contributed by atoms with van der Waals surface area (Å²) in [5, 5.41) is 3.27. The SMILES string of the molecule is CC(=O)Nc1nc(CCc2ccc(N=C(N)N)cc2)c(CN(C)C(C)=O)s1.Cl. The van der Waals surface area contributed by atoms with E-state index in [-0.39, 0.29) is 30.2 Å². The molecule has 0 aliphatic rings. The van der Waals surface area contributed by atoms with Crippen LogP contribution in [0.4, 0.5) is 10.8 Å². The zero-order valence-corrected chi connectivity index (χ0v) is 17.7. The summed E-state index contributed by atoms with van der Waals surface area (Å²) in [4.78, 5) is 34.0. The molecule has 1 aromatic carbocycles. The Kier molecular flexibility index (Phi) is 8.87. The number of thiazole rings is 1. The van der Waals surface area contributed by atoms with Gasteiger partial charge in [-0.05, 0) is 30.5 Å². The number of hydrogen-bond acceptors (Lipinski definition) is 5. The van der Waals surface area contributed by atoms with Gasteiger partial charge in [-0.15, -0.1) is 12.4 Å². The lowest BCUT2D eigenvalue weighted by molar-refractivity contribution is -0.128. The Bertz CT molecular complexity index is 846. The Morgan fingerprint density at radius 2 is 1.82 bits per heavy atom. The minimum Gasteiger partial charge on any atom is -0.370 e. The van der Waals surface area contributed by atoms with Gasteiger partial charge in [0.2, 0.25) is 11.8 Å². The van der Waals surface area contributed by atoms with E-state index in [1.165, 1.54) is 25.2 Å². The minimum atomic E-state index is -0.169. The van der Waals surface area contributed by atoms with Gasteiger partial charge >= 0.3 is 0 Å². The quantitative estimate of drug-likeness (QED) is 0.463. The first-order valence-electron chi connectivity index (χ1n) is 8.41. The van der Waals surface area contributed by atoms with Crippen molar-refractivity contribution in [2.24, 2.45) is 16.5 Å². The van der Waals surface area contributed by atoms with Crippen molar-refractivity contribution in [3.8, 4) is 0 Å². The van der Waals surface area contributed by atoms with Crippen LogP contribution < -0.4 is 16.8 Å². The van der Waals surface area contributed by atoms with Gasteiger partial charge < -0.3 is 21.7 Å². The molecule has 2 aromatic rings. The molecular formula is C18H25ClN6O2S. The second kappa shape index (κ2) is 10.6. The second-order valence-electron chi connectivity index (χ2n) is 6.15. The lowest BCUT2D eigenvalue weighted by atomic mass is 10.1. The van der Waals surface area contributed by atoms with Gasteiger partial charge in [0.05, 0.1) is 17.9 Å². The summed E-state index contributed by atoms with van der Waals surface area (Å²) < 4.78 is 0. The fourth-order valence-electron chi connectivity index (χ4n) is 2.38. The molecule has 2 rings (SSSR count). The summed E-state index contributed by atoms with van der Waals surface area (Å²) in [6.07, 6.45) is 1.46. The zero-order chi connectivity index (χ0) is 20.0. The van der Waals surface area contributed by atoms with Crippen molar-refractivity contribution >= 4 is 52.3 Å². The molecule has 0 radical (unpaired) electrons. The van der Waals surface area contributed by atoms with E-state index in [1.54, 1.807) is 11.9 Å². The van der Waals surface area contributed by atoms with Gasteiger partial charge in [-0.25, -0.2) is 9.98 Å². The van der Waals surface area contributed by atoms with Gasteiger partial charge in [0.15, 0.2) is 11.1 Å². The number of carbonyl (C=O) groups is 2. The molecule has 0 bridgehead atoms. The van der Waals surface area contributed by atoms with Gasteiger partial charge in [0, 0.05) is 25.8 Å². The number of aliphatic imine (C=N–C) groups is 1. The number of carbonyl (C=O) groups excluding carboxylic acids is 2. The molecule has 0 fully saturated rings. The number of aromatic nitrogens is 1. The monoisotopic (exact) mass is 424 g/mol. The number of nitrogens with zero attached hydrogens (tertiary/aromatic N) is 3. The molecule has 0 saturated carbocycles. The minimum absolute atomic E-state index is 0. The normalized spacial score (nSPS) is 9.96. The van der Waals surface area contributed by atoms with E-state index in [0.717, 1.165) is 22.6 Å². The fourth-order valence-corrected chi connectivity index (χ4v) is 3.49. The van der Waals surface area contributed by atoms with Crippen LogP contribution in [-0.2, 0) is 29.0 Å². The van der Waals surface area contributed by atoms with Crippen LogP contribution in [0.1, 0.15) is 30.0 Å². The molecule has 2 amide bonds. The van der Waals surface area contributed by atoms with Crippen LogP contribution >= 0.6 is 23.7 Å². The maximum Gasteiger partial charge on any atom is 0.223 e. The summed E-state index contributed by atoms with van der Waals surface area (Å²) in [5.74, 6) is -0.169. The van der Waals surface area contributed by atoms with E-state index in [9.17, 15) is 9.59 Å². The third-order valence-corrected chi connectivity index (χ3v) is 4.82. The molecule has 8 nitrogen and oxygen atoms in total. The molecule has 0 aliphatic heterocycles. The van der Waals surface area contributed by atoms with Crippen LogP contribution in [0, 0.1) is 0 Å². The molecule has 0 spiro atoms. The average Bonchev–Trinajstić information content (AvgIpc) is 2.94. The van der Waals surface area contributed by atoms with E-state index in [4.69, 9.17) is 11.5 Å². The number of nitrogens with two attached hydrogens (primary N) is 2. The molecule has 10 heteroatoms. The molecule has 0 unspecified atom stereocenters. The molecule has 152 valence electrons. The van der Waals surface area contributed by atoms with Crippen LogP contribution in [0.3, 0.4) is 0 Å². The van der Waals surface area contributed by atoms with Crippen molar-refractivity contribution < 1.29 is 9.59 Å². The summed E-state index contributed by atoms with van der Waals surface area (Å²) in [5.41, 5.74) is 13.4. The highest BCUT2D eigenvalue weighted by Gasteiger charge is 2.15. The predicted molar refractivity (Wildman–Crippen MR) is 115 cm³/mol. The molecule has 0 atom stereocenters. The topological polar surface area (TPSA) is 127 Å². The smallest absolute Gasteiger partial charge is 0.223 e. The molecule has 1 aromatic heterocycles. The molecular weight excluding hydrogens is 400 g/mol. The van der Waals surface area contributed by atoms with E-state index >= 15 is 0 Å². The number of nitrogens with one attached hydrogen (secondary N) is 1. The van der Waals surface area contributed by atoms with Gasteiger partial charge in [-0.3, -0.25) is 9.59 Å². The van der Waals surface area contributed by atoms with E-state index < -0.39 is 0 Å². The lowest BCUT2D eigenvalue weighted by Crippen LogP contribution is -2.23. The first-order valence-corrected chi connectivity index (χ1v) is 9.22. The maximum absolute atomic E-state index is 11.5. The number of amides is 2. The summed E-state index contributed by atoms with van der Waals surface area (Å²) in [6, 6.07) is 7.63.